The van der Waals surface area contributed by atoms with Crippen LogP contribution in [0.3, 0.4) is 0 Å². The van der Waals surface area contributed by atoms with Gasteiger partial charge in [-0.3, -0.25) is 0 Å². The van der Waals surface area contributed by atoms with Crippen LogP contribution >= 0.6 is 11.8 Å². The molecule has 20 heavy (non-hydrogen) atoms. The highest BCUT2D eigenvalue weighted by Gasteiger charge is 2.39. The molecule has 0 saturated heterocycles. The molecule has 0 nitrogen and oxygen atoms in total. The Kier molecular flexibility index (Phi) is 4.84. The third-order valence-electron chi connectivity index (χ3n) is 3.89. The summed E-state index contributed by atoms with van der Waals surface area (Å²) in [4.78, 5) is 0. The van der Waals surface area contributed by atoms with E-state index in [9.17, 15) is 13.2 Å². The summed E-state index contributed by atoms with van der Waals surface area (Å²) in [5.41, 5.74) is 4.65. The SMILES string of the molecule is CSCc1ccc(C2=CCC(C(F)(F)F)CC2)cc1C. The molecule has 0 amide bonds. The Morgan fingerprint density at radius 2 is 2.05 bits per heavy atom. The largest absolute Gasteiger partial charge is 0.392 e. The first-order valence-corrected chi connectivity index (χ1v) is 8.15. The third kappa shape index (κ3) is 3.60. The number of benzene rings is 1. The Hall–Kier alpha value is -0.900. The first-order valence-electron chi connectivity index (χ1n) is 6.76. The van der Waals surface area contributed by atoms with Gasteiger partial charge >= 0.3 is 6.18 Å². The molecule has 1 unspecified atom stereocenters. The Morgan fingerprint density at radius 1 is 1.30 bits per heavy atom. The predicted molar refractivity (Wildman–Crippen MR) is 79.8 cm³/mol. The van der Waals surface area contributed by atoms with Crippen LogP contribution in [0.4, 0.5) is 13.2 Å². The summed E-state index contributed by atoms with van der Waals surface area (Å²) in [5.74, 6) is -0.190. The molecule has 0 heterocycles. The molecule has 0 radical (unpaired) electrons. The highest BCUT2D eigenvalue weighted by molar-refractivity contribution is 7.97. The molecule has 1 atom stereocenters. The van der Waals surface area contributed by atoms with Gasteiger partial charge in [-0.05, 0) is 54.7 Å². The lowest BCUT2D eigenvalue weighted by Gasteiger charge is -2.24. The van der Waals surface area contributed by atoms with E-state index in [2.05, 4.69) is 25.3 Å². The van der Waals surface area contributed by atoms with Gasteiger partial charge in [0.15, 0.2) is 0 Å². The lowest BCUT2D eigenvalue weighted by atomic mass is 9.85. The molecule has 1 aliphatic carbocycles. The topological polar surface area (TPSA) is 0 Å². The fraction of sp³-hybridized carbons (Fsp3) is 0.500. The summed E-state index contributed by atoms with van der Waals surface area (Å²) in [6.45, 7) is 2.07. The van der Waals surface area contributed by atoms with E-state index < -0.39 is 12.1 Å². The number of allylic oxidation sites excluding steroid dienone is 2. The van der Waals surface area contributed by atoms with Crippen LogP contribution in [0.1, 0.15) is 36.0 Å². The van der Waals surface area contributed by atoms with Crippen molar-refractivity contribution in [1.82, 2.24) is 0 Å². The van der Waals surface area contributed by atoms with E-state index >= 15 is 0 Å². The van der Waals surface area contributed by atoms with Crippen molar-refractivity contribution in [3.63, 3.8) is 0 Å². The smallest absolute Gasteiger partial charge is 0.171 e. The maximum Gasteiger partial charge on any atom is 0.392 e. The summed E-state index contributed by atoms with van der Waals surface area (Å²) in [7, 11) is 0. The number of hydrogen-bond donors (Lipinski definition) is 0. The van der Waals surface area contributed by atoms with Crippen molar-refractivity contribution < 1.29 is 13.2 Å². The van der Waals surface area contributed by atoms with E-state index in [-0.39, 0.29) is 12.8 Å². The highest BCUT2D eigenvalue weighted by atomic mass is 32.2. The Balaban J connectivity index is 2.14. The van der Waals surface area contributed by atoms with Gasteiger partial charge in [0.2, 0.25) is 0 Å². The van der Waals surface area contributed by atoms with Gasteiger partial charge in [-0.1, -0.05) is 24.3 Å². The Labute approximate surface area is 122 Å². The number of halogens is 3. The van der Waals surface area contributed by atoms with Gasteiger partial charge in [-0.25, -0.2) is 0 Å². The lowest BCUT2D eigenvalue weighted by molar-refractivity contribution is -0.175. The van der Waals surface area contributed by atoms with Crippen LogP contribution < -0.4 is 0 Å². The van der Waals surface area contributed by atoms with E-state index in [0.717, 1.165) is 16.9 Å². The zero-order valence-electron chi connectivity index (χ0n) is 11.8. The van der Waals surface area contributed by atoms with Crippen molar-refractivity contribution in [1.29, 1.82) is 0 Å². The number of thioether (sulfide) groups is 1. The summed E-state index contributed by atoms with van der Waals surface area (Å²) >= 11 is 1.77. The minimum absolute atomic E-state index is 0.116. The van der Waals surface area contributed by atoms with Crippen LogP contribution in [0.5, 0.6) is 0 Å². The fourth-order valence-electron chi connectivity index (χ4n) is 2.61. The summed E-state index contributed by atoms with van der Waals surface area (Å²) in [5, 5.41) is 0. The molecular weight excluding hydrogens is 281 g/mol. The summed E-state index contributed by atoms with van der Waals surface area (Å²) in [6, 6.07) is 6.24. The van der Waals surface area contributed by atoms with Crippen LogP contribution in [0.2, 0.25) is 0 Å². The average molecular weight is 300 g/mol. The van der Waals surface area contributed by atoms with Crippen LogP contribution in [-0.4, -0.2) is 12.4 Å². The van der Waals surface area contributed by atoms with Crippen molar-refractivity contribution in [2.45, 2.75) is 38.1 Å². The molecule has 0 spiro atoms. The molecule has 0 saturated carbocycles. The standard InChI is InChI=1S/C16H19F3S/c1-11-9-13(3-4-14(11)10-20-2)12-5-7-15(8-6-12)16(17,18)19/h3-5,9,15H,6-8,10H2,1-2H3. The molecule has 1 aromatic carbocycles. The molecule has 2 rings (SSSR count). The van der Waals surface area contributed by atoms with E-state index in [1.165, 1.54) is 11.1 Å². The van der Waals surface area contributed by atoms with Crippen LogP contribution in [0.25, 0.3) is 5.57 Å². The Bertz CT molecular complexity index is 503. The van der Waals surface area contributed by atoms with E-state index in [4.69, 9.17) is 0 Å². The first kappa shape index (κ1) is 15.5. The van der Waals surface area contributed by atoms with Crippen molar-refractivity contribution in [2.24, 2.45) is 5.92 Å². The molecule has 0 fully saturated rings. The second kappa shape index (κ2) is 6.25. The summed E-state index contributed by atoms with van der Waals surface area (Å²) in [6.07, 6.45) is 0.621. The number of aryl methyl sites for hydroxylation is 1. The van der Waals surface area contributed by atoms with Crippen LogP contribution in [0.15, 0.2) is 24.3 Å². The summed E-state index contributed by atoms with van der Waals surface area (Å²) < 4.78 is 37.9. The third-order valence-corrected chi connectivity index (χ3v) is 4.49. The maximum absolute atomic E-state index is 12.6. The van der Waals surface area contributed by atoms with Crippen LogP contribution in [0, 0.1) is 12.8 Å². The zero-order valence-corrected chi connectivity index (χ0v) is 12.6. The molecule has 110 valence electrons. The van der Waals surface area contributed by atoms with Gasteiger partial charge in [0.25, 0.3) is 0 Å². The van der Waals surface area contributed by atoms with Crippen molar-refractivity contribution in [3.8, 4) is 0 Å². The van der Waals surface area contributed by atoms with Gasteiger partial charge in [0.1, 0.15) is 0 Å². The lowest BCUT2D eigenvalue weighted by Crippen LogP contribution is -2.24. The molecule has 0 aromatic heterocycles. The highest BCUT2D eigenvalue weighted by Crippen LogP contribution is 2.39. The van der Waals surface area contributed by atoms with Crippen molar-refractivity contribution in [2.75, 3.05) is 6.26 Å². The number of hydrogen-bond acceptors (Lipinski definition) is 1. The predicted octanol–water partition coefficient (Wildman–Crippen LogP) is 5.60. The fourth-order valence-corrected chi connectivity index (χ4v) is 3.24. The Morgan fingerprint density at radius 3 is 2.55 bits per heavy atom. The van der Waals surface area contributed by atoms with Gasteiger partial charge in [-0.2, -0.15) is 24.9 Å². The second-order valence-electron chi connectivity index (χ2n) is 5.32. The molecule has 1 aromatic rings. The van der Waals surface area contributed by atoms with Gasteiger partial charge in [0, 0.05) is 5.75 Å². The molecule has 0 aliphatic heterocycles. The average Bonchev–Trinajstić information content (AvgIpc) is 2.40. The van der Waals surface area contributed by atoms with Crippen LogP contribution in [-0.2, 0) is 5.75 Å². The van der Waals surface area contributed by atoms with Crippen molar-refractivity contribution in [3.05, 3.63) is 41.0 Å². The maximum atomic E-state index is 12.6. The van der Waals surface area contributed by atoms with Crippen molar-refractivity contribution >= 4 is 17.3 Å². The first-order chi connectivity index (χ1) is 9.41. The molecule has 0 bridgehead atoms. The molecule has 1 aliphatic rings. The van der Waals surface area contributed by atoms with Gasteiger partial charge in [-0.15, -0.1) is 0 Å². The minimum Gasteiger partial charge on any atom is -0.171 e. The molecular formula is C16H19F3S. The van der Waals surface area contributed by atoms with E-state index in [0.29, 0.717) is 6.42 Å². The molecule has 4 heteroatoms. The quantitative estimate of drug-likeness (QED) is 0.699. The zero-order chi connectivity index (χ0) is 14.8. The van der Waals surface area contributed by atoms with Gasteiger partial charge < -0.3 is 0 Å². The number of rotatable bonds is 3. The normalized spacial score (nSPS) is 19.9. The monoisotopic (exact) mass is 300 g/mol. The van der Waals surface area contributed by atoms with E-state index in [1.54, 1.807) is 17.8 Å². The van der Waals surface area contributed by atoms with Gasteiger partial charge in [0.05, 0.1) is 5.92 Å². The molecule has 0 N–H and O–H groups in total. The van der Waals surface area contributed by atoms with E-state index in [1.807, 2.05) is 6.07 Å². The second-order valence-corrected chi connectivity index (χ2v) is 6.18. The number of alkyl halides is 3. The minimum atomic E-state index is -4.06.